The minimum atomic E-state index is -0.998. The zero-order valence-electron chi connectivity index (χ0n) is 19.2. The Morgan fingerprint density at radius 1 is 0.917 bits per heavy atom. The van der Waals surface area contributed by atoms with Crippen LogP contribution in [0.1, 0.15) is 30.0 Å². The quantitative estimate of drug-likeness (QED) is 0.179. The molecule has 2 fully saturated rings. The van der Waals surface area contributed by atoms with E-state index in [2.05, 4.69) is 4.90 Å². The molecule has 0 radical (unpaired) electrons. The molecule has 0 bridgehead atoms. The first-order valence-electron chi connectivity index (χ1n) is 11.5. The molecule has 182 valence electrons. The number of hydrogen-bond acceptors (Lipinski definition) is 7. The Hall–Kier alpha value is -4.66. The summed E-state index contributed by atoms with van der Waals surface area (Å²) in [5, 5.41) is 32.2. The molecule has 2 saturated heterocycles. The number of aromatic hydroxyl groups is 1. The van der Waals surface area contributed by atoms with Crippen molar-refractivity contribution in [3.63, 3.8) is 0 Å². The summed E-state index contributed by atoms with van der Waals surface area (Å²) < 4.78 is 0. The fourth-order valence-electron chi connectivity index (χ4n) is 4.79. The highest BCUT2D eigenvalue weighted by Gasteiger charge is 2.47. The Morgan fingerprint density at radius 3 is 2.19 bits per heavy atom. The van der Waals surface area contributed by atoms with E-state index in [0.717, 1.165) is 37.7 Å². The smallest absolute Gasteiger partial charge is 0.300 e. The average molecular weight is 485 g/mol. The second kappa shape index (κ2) is 9.18. The minimum absolute atomic E-state index is 0.00403. The van der Waals surface area contributed by atoms with Gasteiger partial charge >= 0.3 is 0 Å². The van der Waals surface area contributed by atoms with E-state index in [4.69, 9.17) is 0 Å². The molecule has 3 aromatic rings. The van der Waals surface area contributed by atoms with Gasteiger partial charge in [0.2, 0.25) is 0 Å². The molecular weight excluding hydrogens is 462 g/mol. The lowest BCUT2D eigenvalue weighted by molar-refractivity contribution is -0.384. The van der Waals surface area contributed by atoms with Crippen LogP contribution in [-0.2, 0) is 9.59 Å². The summed E-state index contributed by atoms with van der Waals surface area (Å²) in [5.74, 6) is -2.23. The van der Waals surface area contributed by atoms with Crippen LogP contribution < -0.4 is 9.80 Å². The van der Waals surface area contributed by atoms with Crippen LogP contribution in [0.15, 0.2) is 78.4 Å². The number of benzene rings is 3. The standard InChI is InChI=1S/C27H23N3O6/c31-22-12-6-17(7-13-22)24-23(25(32)18-4-3-5-21(16-18)30(35)36)26(33)27(34)29(24)20-10-8-19(9-11-20)28-14-1-2-15-28/h3-13,16,24,31-32H,1-2,14-15H2/b25-23-. The molecule has 0 aromatic heterocycles. The van der Waals surface area contributed by atoms with E-state index in [0.29, 0.717) is 11.3 Å². The van der Waals surface area contributed by atoms with Crippen LogP contribution in [0.4, 0.5) is 17.1 Å². The summed E-state index contributed by atoms with van der Waals surface area (Å²) in [6.45, 7) is 1.92. The fourth-order valence-corrected chi connectivity index (χ4v) is 4.79. The summed E-state index contributed by atoms with van der Waals surface area (Å²) in [7, 11) is 0. The van der Waals surface area contributed by atoms with Gasteiger partial charge in [-0.3, -0.25) is 24.6 Å². The number of phenols is 1. The molecular formula is C27H23N3O6. The Morgan fingerprint density at radius 2 is 1.56 bits per heavy atom. The summed E-state index contributed by atoms with van der Waals surface area (Å²) in [5.41, 5.74) is 1.58. The van der Waals surface area contributed by atoms with Gasteiger partial charge in [0.05, 0.1) is 16.5 Å². The SMILES string of the molecule is O=C1C(=O)N(c2ccc(N3CCCC3)cc2)C(c2ccc(O)cc2)/C1=C(/O)c1cccc([N+](=O)[O-])c1. The molecule has 2 heterocycles. The predicted molar refractivity (Wildman–Crippen MR) is 134 cm³/mol. The number of ketones is 1. The maximum Gasteiger partial charge on any atom is 0.300 e. The first-order valence-corrected chi connectivity index (χ1v) is 11.5. The molecule has 1 unspecified atom stereocenters. The molecule has 5 rings (SSSR count). The Labute approximate surface area is 206 Å². The number of anilines is 2. The third kappa shape index (κ3) is 4.04. The predicted octanol–water partition coefficient (Wildman–Crippen LogP) is 4.53. The molecule has 0 saturated carbocycles. The molecule has 1 amide bonds. The average Bonchev–Trinajstić information content (AvgIpc) is 3.52. The van der Waals surface area contributed by atoms with Gasteiger partial charge in [-0.1, -0.05) is 24.3 Å². The summed E-state index contributed by atoms with van der Waals surface area (Å²) in [6, 6.07) is 17.6. The number of carbonyl (C=O) groups excluding carboxylic acids is 2. The lowest BCUT2D eigenvalue weighted by Crippen LogP contribution is -2.29. The van der Waals surface area contributed by atoms with Crippen molar-refractivity contribution in [2.45, 2.75) is 18.9 Å². The summed E-state index contributed by atoms with van der Waals surface area (Å²) in [4.78, 5) is 40.7. The molecule has 2 aliphatic heterocycles. The second-order valence-corrected chi connectivity index (χ2v) is 8.78. The van der Waals surface area contributed by atoms with Crippen LogP contribution in [0.25, 0.3) is 5.76 Å². The van der Waals surface area contributed by atoms with Gasteiger partial charge in [0, 0.05) is 42.2 Å². The van der Waals surface area contributed by atoms with Crippen molar-refractivity contribution in [3.05, 3.63) is 99.6 Å². The fraction of sp³-hybridized carbons (Fsp3) is 0.185. The third-order valence-electron chi connectivity index (χ3n) is 6.58. The van der Waals surface area contributed by atoms with E-state index in [-0.39, 0.29) is 22.6 Å². The zero-order chi connectivity index (χ0) is 25.4. The number of rotatable bonds is 5. The number of Topliss-reactive ketones (excluding diaryl/α,β-unsaturated/α-hetero) is 1. The van der Waals surface area contributed by atoms with Gasteiger partial charge in [0.25, 0.3) is 17.4 Å². The van der Waals surface area contributed by atoms with Gasteiger partial charge < -0.3 is 15.1 Å². The molecule has 2 N–H and O–H groups in total. The van der Waals surface area contributed by atoms with Gasteiger partial charge in [-0.25, -0.2) is 0 Å². The van der Waals surface area contributed by atoms with Crippen molar-refractivity contribution in [3.8, 4) is 5.75 Å². The van der Waals surface area contributed by atoms with E-state index in [9.17, 15) is 29.9 Å². The van der Waals surface area contributed by atoms with Gasteiger partial charge in [-0.05, 0) is 54.8 Å². The number of non-ortho nitro benzene ring substituents is 1. The number of amides is 1. The van der Waals surface area contributed by atoms with Crippen molar-refractivity contribution in [2.75, 3.05) is 22.9 Å². The van der Waals surface area contributed by atoms with Crippen molar-refractivity contribution >= 4 is 34.5 Å². The number of nitrogens with zero attached hydrogens (tertiary/aromatic N) is 3. The van der Waals surface area contributed by atoms with E-state index in [1.54, 1.807) is 24.3 Å². The molecule has 0 spiro atoms. The second-order valence-electron chi connectivity index (χ2n) is 8.78. The van der Waals surface area contributed by atoms with Crippen LogP contribution in [0.2, 0.25) is 0 Å². The number of aliphatic hydroxyl groups excluding tert-OH is 1. The first-order chi connectivity index (χ1) is 17.3. The molecule has 3 aromatic carbocycles. The lowest BCUT2D eigenvalue weighted by atomic mass is 9.95. The number of hydrogen-bond donors (Lipinski definition) is 2. The van der Waals surface area contributed by atoms with Crippen LogP contribution in [-0.4, -0.2) is 39.9 Å². The maximum atomic E-state index is 13.3. The molecule has 0 aliphatic carbocycles. The molecule has 1 atom stereocenters. The van der Waals surface area contributed by atoms with Crippen LogP contribution >= 0.6 is 0 Å². The molecule has 36 heavy (non-hydrogen) atoms. The van der Waals surface area contributed by atoms with E-state index in [1.165, 1.54) is 35.2 Å². The lowest BCUT2D eigenvalue weighted by Gasteiger charge is -2.26. The number of aliphatic hydroxyl groups is 1. The topological polar surface area (TPSA) is 124 Å². The van der Waals surface area contributed by atoms with Gasteiger partial charge in [0.15, 0.2) is 0 Å². The van der Waals surface area contributed by atoms with Crippen molar-refractivity contribution < 1.29 is 24.7 Å². The van der Waals surface area contributed by atoms with Crippen molar-refractivity contribution in [1.29, 1.82) is 0 Å². The number of nitro benzene ring substituents is 1. The summed E-state index contributed by atoms with van der Waals surface area (Å²) >= 11 is 0. The van der Waals surface area contributed by atoms with Gasteiger partial charge in [0.1, 0.15) is 11.5 Å². The van der Waals surface area contributed by atoms with Crippen molar-refractivity contribution in [1.82, 2.24) is 0 Å². The van der Waals surface area contributed by atoms with E-state index in [1.807, 2.05) is 12.1 Å². The van der Waals surface area contributed by atoms with Crippen molar-refractivity contribution in [2.24, 2.45) is 0 Å². The number of carbonyl (C=O) groups is 2. The highest BCUT2D eigenvalue weighted by Crippen LogP contribution is 2.43. The number of phenolic OH excluding ortho intramolecular Hbond substituents is 1. The maximum absolute atomic E-state index is 13.3. The van der Waals surface area contributed by atoms with Crippen LogP contribution in [0.3, 0.4) is 0 Å². The Kier molecular flexibility index (Phi) is 5.89. The van der Waals surface area contributed by atoms with Crippen LogP contribution in [0.5, 0.6) is 5.75 Å². The normalized spacial score (nSPS) is 19.2. The van der Waals surface area contributed by atoms with E-state index >= 15 is 0 Å². The molecule has 9 heteroatoms. The summed E-state index contributed by atoms with van der Waals surface area (Å²) in [6.07, 6.45) is 2.24. The highest BCUT2D eigenvalue weighted by molar-refractivity contribution is 6.51. The number of nitro groups is 1. The van der Waals surface area contributed by atoms with Gasteiger partial charge in [-0.15, -0.1) is 0 Å². The molecule has 2 aliphatic rings. The monoisotopic (exact) mass is 485 g/mol. The minimum Gasteiger partial charge on any atom is -0.508 e. The molecule has 9 nitrogen and oxygen atoms in total. The largest absolute Gasteiger partial charge is 0.508 e. The Bertz CT molecular complexity index is 1380. The third-order valence-corrected chi connectivity index (χ3v) is 6.58. The Balaban J connectivity index is 1.63. The van der Waals surface area contributed by atoms with E-state index < -0.39 is 28.4 Å². The van der Waals surface area contributed by atoms with Crippen LogP contribution in [0, 0.1) is 10.1 Å². The first kappa shape index (κ1) is 23.1. The highest BCUT2D eigenvalue weighted by atomic mass is 16.6. The van der Waals surface area contributed by atoms with Gasteiger partial charge in [-0.2, -0.15) is 0 Å². The zero-order valence-corrected chi connectivity index (χ0v) is 19.2.